The standard InChI is InChI=1S/C10H11IN2O2/c1-5-8(11)4-7(9(14)12-5)10(15)13-6-2-3-6/h4,6H,2-3H2,1H3,(H,12,14)(H,13,15). The molecule has 1 saturated carbocycles. The Bertz CT molecular complexity index is 463. The van der Waals surface area contributed by atoms with Crippen molar-refractivity contribution < 1.29 is 4.79 Å². The molecule has 4 nitrogen and oxygen atoms in total. The van der Waals surface area contributed by atoms with Crippen molar-refractivity contribution in [1.82, 2.24) is 10.3 Å². The number of aryl methyl sites for hydroxylation is 1. The van der Waals surface area contributed by atoms with Gasteiger partial charge in [-0.3, -0.25) is 9.59 Å². The van der Waals surface area contributed by atoms with Gasteiger partial charge in [-0.2, -0.15) is 0 Å². The Balaban J connectivity index is 2.30. The molecule has 2 rings (SSSR count). The van der Waals surface area contributed by atoms with E-state index in [4.69, 9.17) is 0 Å². The maximum absolute atomic E-state index is 11.6. The van der Waals surface area contributed by atoms with E-state index < -0.39 is 0 Å². The van der Waals surface area contributed by atoms with Gasteiger partial charge in [0.15, 0.2) is 0 Å². The van der Waals surface area contributed by atoms with Gasteiger partial charge in [-0.15, -0.1) is 0 Å². The fourth-order valence-electron chi connectivity index (χ4n) is 1.26. The van der Waals surface area contributed by atoms with Crippen LogP contribution < -0.4 is 10.9 Å². The van der Waals surface area contributed by atoms with E-state index >= 15 is 0 Å². The summed E-state index contributed by atoms with van der Waals surface area (Å²) in [4.78, 5) is 25.8. The molecule has 1 aromatic rings. The third kappa shape index (κ3) is 2.39. The van der Waals surface area contributed by atoms with Crippen LogP contribution in [-0.2, 0) is 0 Å². The number of pyridine rings is 1. The summed E-state index contributed by atoms with van der Waals surface area (Å²) in [5.74, 6) is -0.267. The van der Waals surface area contributed by atoms with E-state index in [1.54, 1.807) is 6.07 Å². The van der Waals surface area contributed by atoms with Crippen molar-refractivity contribution in [3.8, 4) is 0 Å². The number of hydrogen-bond donors (Lipinski definition) is 2. The van der Waals surface area contributed by atoms with Crippen molar-refractivity contribution in [3.05, 3.63) is 31.2 Å². The predicted molar refractivity (Wildman–Crippen MR) is 65.0 cm³/mol. The van der Waals surface area contributed by atoms with E-state index in [2.05, 4.69) is 32.9 Å². The van der Waals surface area contributed by atoms with Crippen LogP contribution in [-0.4, -0.2) is 16.9 Å². The van der Waals surface area contributed by atoms with E-state index in [1.165, 1.54) is 0 Å². The Morgan fingerprint density at radius 3 is 2.87 bits per heavy atom. The molecule has 0 aromatic carbocycles. The molecule has 1 heterocycles. The summed E-state index contributed by atoms with van der Waals surface area (Å²) in [5.41, 5.74) is 0.687. The average molecular weight is 318 g/mol. The number of carbonyl (C=O) groups is 1. The first-order chi connectivity index (χ1) is 7.08. The van der Waals surface area contributed by atoms with Crippen molar-refractivity contribution in [3.63, 3.8) is 0 Å². The van der Waals surface area contributed by atoms with Crippen LogP contribution >= 0.6 is 22.6 Å². The highest BCUT2D eigenvalue weighted by molar-refractivity contribution is 14.1. The second kappa shape index (κ2) is 3.96. The first kappa shape index (κ1) is 10.7. The lowest BCUT2D eigenvalue weighted by Crippen LogP contribution is -2.31. The Hall–Kier alpha value is -0.850. The smallest absolute Gasteiger partial charge is 0.261 e. The fourth-order valence-corrected chi connectivity index (χ4v) is 1.70. The van der Waals surface area contributed by atoms with Crippen LogP contribution in [0, 0.1) is 10.5 Å². The first-order valence-electron chi connectivity index (χ1n) is 4.78. The van der Waals surface area contributed by atoms with Gasteiger partial charge in [0, 0.05) is 15.3 Å². The summed E-state index contributed by atoms with van der Waals surface area (Å²) >= 11 is 2.10. The normalized spacial score (nSPS) is 15.1. The molecule has 1 aromatic heterocycles. The summed E-state index contributed by atoms with van der Waals surface area (Å²) in [6.45, 7) is 1.81. The van der Waals surface area contributed by atoms with Gasteiger partial charge in [-0.05, 0) is 48.4 Å². The van der Waals surface area contributed by atoms with E-state index in [9.17, 15) is 9.59 Å². The Morgan fingerprint density at radius 1 is 1.60 bits per heavy atom. The highest BCUT2D eigenvalue weighted by Gasteiger charge is 2.25. The van der Waals surface area contributed by atoms with Crippen molar-refractivity contribution in [2.75, 3.05) is 0 Å². The molecule has 0 bridgehead atoms. The molecule has 0 aliphatic heterocycles. The van der Waals surface area contributed by atoms with Gasteiger partial charge in [-0.1, -0.05) is 0 Å². The molecule has 15 heavy (non-hydrogen) atoms. The monoisotopic (exact) mass is 318 g/mol. The van der Waals surface area contributed by atoms with Gasteiger partial charge < -0.3 is 10.3 Å². The molecule has 80 valence electrons. The average Bonchev–Trinajstić information content (AvgIpc) is 2.95. The minimum Gasteiger partial charge on any atom is -0.349 e. The number of aromatic nitrogens is 1. The Labute approximate surface area is 101 Å². The second-order valence-electron chi connectivity index (χ2n) is 3.73. The van der Waals surface area contributed by atoms with Crippen LogP contribution in [0.4, 0.5) is 0 Å². The first-order valence-corrected chi connectivity index (χ1v) is 5.86. The van der Waals surface area contributed by atoms with Crippen LogP contribution in [0.1, 0.15) is 28.9 Å². The topological polar surface area (TPSA) is 62.0 Å². The van der Waals surface area contributed by atoms with Gasteiger partial charge in [0.2, 0.25) is 0 Å². The Kier molecular flexibility index (Phi) is 2.81. The zero-order valence-electron chi connectivity index (χ0n) is 8.26. The molecule has 5 heteroatoms. The zero-order chi connectivity index (χ0) is 11.0. The number of rotatable bonds is 2. The summed E-state index contributed by atoms with van der Waals surface area (Å²) in [7, 11) is 0. The second-order valence-corrected chi connectivity index (χ2v) is 4.90. The van der Waals surface area contributed by atoms with E-state index in [1.807, 2.05) is 6.92 Å². The minimum absolute atomic E-state index is 0.205. The summed E-state index contributed by atoms with van der Waals surface area (Å²) in [6, 6.07) is 1.91. The molecular weight excluding hydrogens is 307 g/mol. The van der Waals surface area contributed by atoms with Crippen molar-refractivity contribution >= 4 is 28.5 Å². The molecule has 1 amide bonds. The quantitative estimate of drug-likeness (QED) is 0.805. The van der Waals surface area contributed by atoms with Crippen LogP contribution in [0.2, 0.25) is 0 Å². The number of halogens is 1. The molecule has 0 unspecified atom stereocenters. The fraction of sp³-hybridized carbons (Fsp3) is 0.400. The third-order valence-electron chi connectivity index (χ3n) is 2.33. The predicted octanol–water partition coefficient (Wildman–Crippen LogP) is 1.18. The lowest BCUT2D eigenvalue weighted by molar-refractivity contribution is 0.0949. The highest BCUT2D eigenvalue weighted by atomic mass is 127. The minimum atomic E-state index is -0.314. The van der Waals surface area contributed by atoms with Crippen LogP contribution in [0.15, 0.2) is 10.9 Å². The zero-order valence-corrected chi connectivity index (χ0v) is 10.4. The molecule has 1 fully saturated rings. The summed E-state index contributed by atoms with van der Waals surface area (Å²) < 4.78 is 0.896. The number of carbonyl (C=O) groups excluding carboxylic acids is 1. The molecular formula is C10H11IN2O2. The van der Waals surface area contributed by atoms with Crippen molar-refractivity contribution in [2.24, 2.45) is 0 Å². The number of aromatic amines is 1. The number of amides is 1. The van der Waals surface area contributed by atoms with E-state index in [-0.39, 0.29) is 23.1 Å². The molecule has 0 radical (unpaired) electrons. The van der Waals surface area contributed by atoms with Crippen molar-refractivity contribution in [1.29, 1.82) is 0 Å². The summed E-state index contributed by atoms with van der Waals surface area (Å²) in [6.07, 6.45) is 2.04. The van der Waals surface area contributed by atoms with Gasteiger partial charge in [0.25, 0.3) is 11.5 Å². The SMILES string of the molecule is Cc1[nH]c(=O)c(C(=O)NC2CC2)cc1I. The third-order valence-corrected chi connectivity index (χ3v) is 3.45. The number of nitrogens with one attached hydrogen (secondary N) is 2. The number of hydrogen-bond acceptors (Lipinski definition) is 2. The highest BCUT2D eigenvalue weighted by Crippen LogP contribution is 2.19. The van der Waals surface area contributed by atoms with Gasteiger partial charge in [0.05, 0.1) is 0 Å². The van der Waals surface area contributed by atoms with Gasteiger partial charge in [0.1, 0.15) is 5.56 Å². The molecule has 0 spiro atoms. The molecule has 2 N–H and O–H groups in total. The maximum atomic E-state index is 11.6. The lowest BCUT2D eigenvalue weighted by Gasteiger charge is -2.04. The maximum Gasteiger partial charge on any atom is 0.261 e. The molecule has 0 atom stereocenters. The molecule has 1 aliphatic carbocycles. The lowest BCUT2D eigenvalue weighted by atomic mass is 10.2. The van der Waals surface area contributed by atoms with Gasteiger partial charge in [-0.25, -0.2) is 0 Å². The van der Waals surface area contributed by atoms with Crippen LogP contribution in [0.3, 0.4) is 0 Å². The van der Waals surface area contributed by atoms with E-state index in [0.717, 1.165) is 22.1 Å². The van der Waals surface area contributed by atoms with E-state index in [0.29, 0.717) is 0 Å². The largest absolute Gasteiger partial charge is 0.349 e. The Morgan fingerprint density at radius 2 is 2.27 bits per heavy atom. The van der Waals surface area contributed by atoms with Crippen LogP contribution in [0.5, 0.6) is 0 Å². The molecule has 1 aliphatic rings. The number of H-pyrrole nitrogens is 1. The van der Waals surface area contributed by atoms with Crippen LogP contribution in [0.25, 0.3) is 0 Å². The summed E-state index contributed by atoms with van der Waals surface area (Å²) in [5, 5.41) is 2.80. The molecule has 0 saturated heterocycles. The van der Waals surface area contributed by atoms with Crippen molar-refractivity contribution in [2.45, 2.75) is 25.8 Å². The van der Waals surface area contributed by atoms with Gasteiger partial charge >= 0.3 is 0 Å².